The van der Waals surface area contributed by atoms with Crippen molar-refractivity contribution in [1.29, 1.82) is 0 Å². The van der Waals surface area contributed by atoms with E-state index in [0.717, 1.165) is 12.0 Å². The topological polar surface area (TPSA) is 64.4 Å². The molecular weight excluding hydrogens is 258 g/mol. The standard InChI is InChI=1S/C14H21N3O3/c1-9-10(2)17-12(6-11(8-18)15-17)7-16(9)13(19)20-14(3,4)5/h6,8-10H,7H2,1-5H3/t9-,10-/m1/s1. The minimum atomic E-state index is -0.522. The molecule has 6 nitrogen and oxygen atoms in total. The number of hydrogen-bond acceptors (Lipinski definition) is 4. The Morgan fingerprint density at radius 2 is 2.05 bits per heavy atom. The van der Waals surface area contributed by atoms with Gasteiger partial charge in [0.05, 0.1) is 24.3 Å². The number of fused-ring (bicyclic) bond motifs is 1. The van der Waals surface area contributed by atoms with E-state index in [2.05, 4.69) is 5.10 Å². The number of aldehydes is 1. The normalized spacial score (nSPS) is 22.4. The molecule has 110 valence electrons. The molecule has 6 heteroatoms. The van der Waals surface area contributed by atoms with Gasteiger partial charge < -0.3 is 4.74 Å². The molecule has 1 amide bonds. The predicted molar refractivity (Wildman–Crippen MR) is 73.6 cm³/mol. The summed E-state index contributed by atoms with van der Waals surface area (Å²) in [5.41, 5.74) is 0.722. The van der Waals surface area contributed by atoms with Gasteiger partial charge >= 0.3 is 6.09 Å². The number of ether oxygens (including phenoxy) is 1. The molecule has 0 aliphatic carbocycles. The summed E-state index contributed by atoms with van der Waals surface area (Å²) in [6, 6.07) is 1.67. The van der Waals surface area contributed by atoms with Gasteiger partial charge in [-0.25, -0.2) is 4.79 Å². The molecular formula is C14H21N3O3. The van der Waals surface area contributed by atoms with Crippen molar-refractivity contribution in [3.63, 3.8) is 0 Å². The summed E-state index contributed by atoms with van der Waals surface area (Å²) >= 11 is 0. The highest BCUT2D eigenvalue weighted by Gasteiger charge is 2.35. The predicted octanol–water partition coefficient (Wildman–Crippen LogP) is 2.40. The van der Waals surface area contributed by atoms with E-state index >= 15 is 0 Å². The van der Waals surface area contributed by atoms with Crippen LogP contribution in [0.1, 0.15) is 56.8 Å². The van der Waals surface area contributed by atoms with Crippen molar-refractivity contribution in [3.8, 4) is 0 Å². The number of hydrogen-bond donors (Lipinski definition) is 0. The maximum absolute atomic E-state index is 12.3. The van der Waals surface area contributed by atoms with Crippen molar-refractivity contribution < 1.29 is 14.3 Å². The van der Waals surface area contributed by atoms with Crippen LogP contribution in [0.2, 0.25) is 0 Å². The Morgan fingerprint density at radius 1 is 1.40 bits per heavy atom. The van der Waals surface area contributed by atoms with E-state index in [9.17, 15) is 9.59 Å². The highest BCUT2D eigenvalue weighted by atomic mass is 16.6. The van der Waals surface area contributed by atoms with Crippen LogP contribution in [0.4, 0.5) is 4.79 Å². The van der Waals surface area contributed by atoms with Crippen molar-refractivity contribution >= 4 is 12.4 Å². The number of carbonyl (C=O) groups excluding carboxylic acids is 2. The van der Waals surface area contributed by atoms with E-state index in [1.165, 1.54) is 0 Å². The second-order valence-electron chi connectivity index (χ2n) is 6.21. The first-order valence-corrected chi connectivity index (χ1v) is 6.76. The Bertz CT molecular complexity index is 530. The van der Waals surface area contributed by atoms with Crippen LogP contribution in [0.5, 0.6) is 0 Å². The quantitative estimate of drug-likeness (QED) is 0.740. The Balaban J connectivity index is 2.25. The zero-order valence-electron chi connectivity index (χ0n) is 12.6. The van der Waals surface area contributed by atoms with Gasteiger partial charge in [0.1, 0.15) is 11.3 Å². The second kappa shape index (κ2) is 4.92. The Morgan fingerprint density at radius 3 is 2.60 bits per heavy atom. The second-order valence-corrected chi connectivity index (χ2v) is 6.21. The lowest BCUT2D eigenvalue weighted by Crippen LogP contribution is -2.48. The van der Waals surface area contributed by atoms with E-state index in [1.54, 1.807) is 11.0 Å². The SMILES string of the molecule is C[C@@H]1[C@@H](C)n2nc(C=O)cc2CN1C(=O)OC(C)(C)C. The lowest BCUT2D eigenvalue weighted by Gasteiger charge is -2.39. The van der Waals surface area contributed by atoms with Crippen LogP contribution in [-0.2, 0) is 11.3 Å². The lowest BCUT2D eigenvalue weighted by atomic mass is 10.1. The average Bonchev–Trinajstić information content (AvgIpc) is 2.74. The van der Waals surface area contributed by atoms with Crippen LogP contribution in [0, 0.1) is 0 Å². The molecule has 0 fully saturated rings. The van der Waals surface area contributed by atoms with E-state index in [0.29, 0.717) is 12.2 Å². The first-order valence-electron chi connectivity index (χ1n) is 6.76. The molecule has 1 aromatic rings. The molecule has 2 atom stereocenters. The van der Waals surface area contributed by atoms with Crippen LogP contribution in [0.25, 0.3) is 0 Å². The molecule has 0 unspecified atom stereocenters. The summed E-state index contributed by atoms with van der Waals surface area (Å²) in [6.45, 7) is 9.88. The Labute approximate surface area is 118 Å². The summed E-state index contributed by atoms with van der Waals surface area (Å²) in [5.74, 6) is 0. The third-order valence-corrected chi connectivity index (χ3v) is 3.49. The fourth-order valence-corrected chi connectivity index (χ4v) is 2.32. The molecule has 0 radical (unpaired) electrons. The number of rotatable bonds is 1. The van der Waals surface area contributed by atoms with Gasteiger partial charge in [0.2, 0.25) is 0 Å². The zero-order chi connectivity index (χ0) is 15.1. The van der Waals surface area contributed by atoms with Crippen LogP contribution in [-0.4, -0.2) is 38.7 Å². The van der Waals surface area contributed by atoms with Crippen LogP contribution in [0.3, 0.4) is 0 Å². The maximum Gasteiger partial charge on any atom is 0.410 e. The molecule has 1 aliphatic rings. The molecule has 0 spiro atoms. The van der Waals surface area contributed by atoms with Crippen molar-refractivity contribution in [2.75, 3.05) is 0 Å². The highest BCUT2D eigenvalue weighted by Crippen LogP contribution is 2.28. The fraction of sp³-hybridized carbons (Fsp3) is 0.643. The van der Waals surface area contributed by atoms with Gasteiger partial charge in [-0.15, -0.1) is 0 Å². The van der Waals surface area contributed by atoms with Gasteiger partial charge in [0, 0.05) is 0 Å². The van der Waals surface area contributed by atoms with Crippen LogP contribution >= 0.6 is 0 Å². The zero-order valence-corrected chi connectivity index (χ0v) is 12.6. The average molecular weight is 279 g/mol. The molecule has 0 bridgehead atoms. The molecule has 0 N–H and O–H groups in total. The van der Waals surface area contributed by atoms with Gasteiger partial charge in [-0.05, 0) is 40.7 Å². The number of aromatic nitrogens is 2. The van der Waals surface area contributed by atoms with Crippen molar-refractivity contribution in [1.82, 2.24) is 14.7 Å². The highest BCUT2D eigenvalue weighted by molar-refractivity contribution is 5.72. The minimum Gasteiger partial charge on any atom is -0.444 e. The molecule has 20 heavy (non-hydrogen) atoms. The third kappa shape index (κ3) is 2.69. The smallest absolute Gasteiger partial charge is 0.410 e. The van der Waals surface area contributed by atoms with Gasteiger partial charge in [-0.2, -0.15) is 5.10 Å². The molecule has 0 aromatic carbocycles. The largest absolute Gasteiger partial charge is 0.444 e. The fourth-order valence-electron chi connectivity index (χ4n) is 2.32. The summed E-state index contributed by atoms with van der Waals surface area (Å²) in [5, 5.41) is 4.24. The first-order chi connectivity index (χ1) is 9.23. The van der Waals surface area contributed by atoms with Gasteiger partial charge in [-0.3, -0.25) is 14.4 Å². The number of nitrogens with zero attached hydrogens (tertiary/aromatic N) is 3. The number of carbonyl (C=O) groups is 2. The molecule has 1 aromatic heterocycles. The maximum atomic E-state index is 12.3. The van der Waals surface area contributed by atoms with E-state index < -0.39 is 5.60 Å². The monoisotopic (exact) mass is 279 g/mol. The van der Waals surface area contributed by atoms with Gasteiger partial charge in [0.15, 0.2) is 6.29 Å². The van der Waals surface area contributed by atoms with Crippen LogP contribution < -0.4 is 0 Å². The summed E-state index contributed by atoms with van der Waals surface area (Å²) in [6.07, 6.45) is 0.387. The Hall–Kier alpha value is -1.85. The Kier molecular flexibility index (Phi) is 3.58. The lowest BCUT2D eigenvalue weighted by molar-refractivity contribution is 0.00407. The minimum absolute atomic E-state index is 0.0000293. The van der Waals surface area contributed by atoms with Crippen LogP contribution in [0.15, 0.2) is 6.07 Å². The first kappa shape index (κ1) is 14.6. The van der Waals surface area contributed by atoms with Crippen molar-refractivity contribution in [2.45, 2.75) is 58.8 Å². The summed E-state index contributed by atoms with van der Waals surface area (Å²) in [7, 11) is 0. The van der Waals surface area contributed by atoms with Gasteiger partial charge in [-0.1, -0.05) is 0 Å². The molecule has 1 aliphatic heterocycles. The van der Waals surface area contributed by atoms with Crippen molar-refractivity contribution in [3.05, 3.63) is 17.5 Å². The molecule has 0 saturated carbocycles. The third-order valence-electron chi connectivity index (χ3n) is 3.49. The van der Waals surface area contributed by atoms with Gasteiger partial charge in [0.25, 0.3) is 0 Å². The van der Waals surface area contributed by atoms with E-state index in [-0.39, 0.29) is 18.2 Å². The van der Waals surface area contributed by atoms with E-state index in [4.69, 9.17) is 4.74 Å². The summed E-state index contributed by atoms with van der Waals surface area (Å²) < 4.78 is 7.25. The summed E-state index contributed by atoms with van der Waals surface area (Å²) in [4.78, 5) is 24.8. The van der Waals surface area contributed by atoms with Crippen molar-refractivity contribution in [2.24, 2.45) is 0 Å². The number of amides is 1. The molecule has 2 heterocycles. The molecule has 0 saturated heterocycles. The van der Waals surface area contributed by atoms with E-state index in [1.807, 2.05) is 39.3 Å². The molecule has 2 rings (SSSR count).